The highest BCUT2D eigenvalue weighted by Crippen LogP contribution is 2.02. The summed E-state index contributed by atoms with van der Waals surface area (Å²) in [6, 6.07) is -4.74. The number of nitrogens with two attached hydrogens (primary N) is 1. The number of carbonyl (C=O) groups is 4. The summed E-state index contributed by atoms with van der Waals surface area (Å²) in [4.78, 5) is 54.5. The van der Waals surface area contributed by atoms with Crippen LogP contribution in [0.5, 0.6) is 0 Å². The average molecular weight is 430 g/mol. The van der Waals surface area contributed by atoms with Crippen LogP contribution in [0.4, 0.5) is 0 Å². The zero-order valence-corrected chi connectivity index (χ0v) is 16.8. The van der Waals surface area contributed by atoms with E-state index >= 15 is 0 Å². The number of carboxylic acids is 1. The van der Waals surface area contributed by atoms with E-state index in [2.05, 4.69) is 38.5 Å². The fourth-order valence-electron chi connectivity index (χ4n) is 2.23. The third kappa shape index (κ3) is 7.71. The Hall–Kier alpha value is -2.64. The van der Waals surface area contributed by atoms with Crippen LogP contribution in [0.2, 0.25) is 0 Å². The molecule has 1 heterocycles. The lowest BCUT2D eigenvalue weighted by molar-refractivity contribution is -0.142. The number of rotatable bonds is 11. The van der Waals surface area contributed by atoms with E-state index in [9.17, 15) is 29.4 Å². The topological polar surface area (TPSA) is 200 Å². The Morgan fingerprint density at radius 3 is 2.21 bits per heavy atom. The van der Waals surface area contributed by atoms with Crippen LogP contribution in [0.1, 0.15) is 19.5 Å². The largest absolute Gasteiger partial charge is 0.480 e. The highest BCUT2D eigenvalue weighted by molar-refractivity contribution is 7.80. The number of nitrogens with one attached hydrogen (secondary N) is 4. The lowest BCUT2D eigenvalue weighted by Gasteiger charge is -2.25. The fourth-order valence-corrected chi connectivity index (χ4v) is 2.49. The first-order valence-corrected chi connectivity index (χ1v) is 9.35. The van der Waals surface area contributed by atoms with Gasteiger partial charge in [-0.1, -0.05) is 0 Å². The Bertz CT molecular complexity index is 711. The normalized spacial score (nSPS) is 16.0. The molecule has 0 aliphatic rings. The Labute approximate surface area is 172 Å². The molecule has 1 aromatic rings. The minimum absolute atomic E-state index is 0.0466. The Morgan fingerprint density at radius 2 is 1.76 bits per heavy atom. The quantitative estimate of drug-likeness (QED) is 0.171. The van der Waals surface area contributed by atoms with Gasteiger partial charge in [0.15, 0.2) is 0 Å². The SMILES string of the molecule is CC(N)C(=O)NC(C(=O)NC(CS)C(=O)NC(Cc1cnc[nH]1)C(=O)O)C(C)O. The van der Waals surface area contributed by atoms with Crippen molar-refractivity contribution in [2.75, 3.05) is 5.75 Å². The molecule has 12 nitrogen and oxygen atoms in total. The van der Waals surface area contributed by atoms with Crippen molar-refractivity contribution in [2.24, 2.45) is 5.73 Å². The van der Waals surface area contributed by atoms with E-state index in [1.54, 1.807) is 0 Å². The van der Waals surface area contributed by atoms with E-state index in [0.717, 1.165) is 0 Å². The van der Waals surface area contributed by atoms with Crippen molar-refractivity contribution >= 4 is 36.3 Å². The number of hydrogen-bond acceptors (Lipinski definition) is 8. The van der Waals surface area contributed by atoms with Crippen LogP contribution in [0.3, 0.4) is 0 Å². The smallest absolute Gasteiger partial charge is 0.326 e. The number of aromatic amines is 1. The number of aliphatic hydroxyl groups is 1. The Balaban J connectivity index is 2.80. The van der Waals surface area contributed by atoms with Crippen LogP contribution >= 0.6 is 12.6 Å². The minimum Gasteiger partial charge on any atom is -0.480 e. The van der Waals surface area contributed by atoms with Crippen molar-refractivity contribution in [2.45, 2.75) is 50.5 Å². The second-order valence-electron chi connectivity index (χ2n) is 6.44. The molecule has 0 aliphatic carbocycles. The van der Waals surface area contributed by atoms with Crippen molar-refractivity contribution < 1.29 is 29.4 Å². The number of amides is 3. The summed E-state index contributed by atoms with van der Waals surface area (Å²) in [6.45, 7) is 2.69. The summed E-state index contributed by atoms with van der Waals surface area (Å²) >= 11 is 4.01. The second kappa shape index (κ2) is 11.4. The summed E-state index contributed by atoms with van der Waals surface area (Å²) in [5.41, 5.74) is 5.93. The van der Waals surface area contributed by atoms with E-state index in [1.807, 2.05) is 0 Å². The van der Waals surface area contributed by atoms with Gasteiger partial charge in [-0.15, -0.1) is 0 Å². The maximum absolute atomic E-state index is 12.4. The lowest BCUT2D eigenvalue weighted by atomic mass is 10.1. The molecule has 5 atom stereocenters. The van der Waals surface area contributed by atoms with Gasteiger partial charge in [-0.3, -0.25) is 14.4 Å². The van der Waals surface area contributed by atoms with Gasteiger partial charge in [-0.25, -0.2) is 9.78 Å². The van der Waals surface area contributed by atoms with Gasteiger partial charge in [-0.2, -0.15) is 12.6 Å². The molecule has 162 valence electrons. The van der Waals surface area contributed by atoms with Crippen molar-refractivity contribution in [3.05, 3.63) is 18.2 Å². The predicted octanol–water partition coefficient (Wildman–Crippen LogP) is -2.85. The molecule has 0 fully saturated rings. The van der Waals surface area contributed by atoms with Gasteiger partial charge in [-0.05, 0) is 13.8 Å². The highest BCUT2D eigenvalue weighted by Gasteiger charge is 2.31. The minimum atomic E-state index is -1.36. The number of hydrogen-bond donors (Lipinski definition) is 8. The molecule has 1 rings (SSSR count). The molecule has 0 radical (unpaired) electrons. The average Bonchev–Trinajstić information content (AvgIpc) is 3.15. The molecule has 0 saturated heterocycles. The van der Waals surface area contributed by atoms with E-state index in [4.69, 9.17) is 5.73 Å². The summed E-state index contributed by atoms with van der Waals surface area (Å²) in [7, 11) is 0. The molecule has 0 aromatic carbocycles. The summed E-state index contributed by atoms with van der Waals surface area (Å²) in [5.74, 6) is -3.72. The molecule has 0 spiro atoms. The first-order valence-electron chi connectivity index (χ1n) is 8.72. The number of carbonyl (C=O) groups excluding carboxylic acids is 3. The summed E-state index contributed by atoms with van der Waals surface area (Å²) < 4.78 is 0. The second-order valence-corrected chi connectivity index (χ2v) is 6.80. The van der Waals surface area contributed by atoms with E-state index in [1.165, 1.54) is 26.4 Å². The molecule has 3 amide bonds. The van der Waals surface area contributed by atoms with Gasteiger partial charge in [0, 0.05) is 24.1 Å². The third-order valence-corrected chi connectivity index (χ3v) is 4.25. The standard InChI is InChI=1S/C16H26N6O6S/c1-7(17)13(24)22-12(8(2)23)15(26)21-11(5-29)14(25)20-10(16(27)28)3-9-4-18-6-19-9/h4,6-8,10-12,23,29H,3,5,17H2,1-2H3,(H,18,19)(H,20,25)(H,21,26)(H,22,24)(H,27,28). The first-order chi connectivity index (χ1) is 13.6. The Kier molecular flexibility index (Phi) is 9.58. The molecule has 29 heavy (non-hydrogen) atoms. The molecular formula is C16H26N6O6S. The van der Waals surface area contributed by atoms with Crippen molar-refractivity contribution in [3.8, 4) is 0 Å². The molecule has 5 unspecified atom stereocenters. The predicted molar refractivity (Wildman–Crippen MR) is 105 cm³/mol. The first kappa shape index (κ1) is 24.4. The van der Waals surface area contributed by atoms with Gasteiger partial charge >= 0.3 is 5.97 Å². The van der Waals surface area contributed by atoms with Gasteiger partial charge in [0.1, 0.15) is 18.1 Å². The van der Waals surface area contributed by atoms with Crippen LogP contribution in [0.25, 0.3) is 0 Å². The van der Waals surface area contributed by atoms with Crippen LogP contribution < -0.4 is 21.7 Å². The molecule has 0 saturated carbocycles. The zero-order valence-electron chi connectivity index (χ0n) is 16.0. The maximum atomic E-state index is 12.4. The van der Waals surface area contributed by atoms with Gasteiger partial charge in [0.2, 0.25) is 17.7 Å². The molecule has 0 bridgehead atoms. The number of thiol groups is 1. The van der Waals surface area contributed by atoms with E-state index in [-0.39, 0.29) is 12.2 Å². The van der Waals surface area contributed by atoms with Crippen LogP contribution in [-0.4, -0.2) is 79.9 Å². The fraction of sp³-hybridized carbons (Fsp3) is 0.562. The molecule has 13 heteroatoms. The Morgan fingerprint density at radius 1 is 1.14 bits per heavy atom. The van der Waals surface area contributed by atoms with Crippen molar-refractivity contribution in [3.63, 3.8) is 0 Å². The van der Waals surface area contributed by atoms with E-state index < -0.39 is 54.0 Å². The number of aliphatic hydroxyl groups excluding tert-OH is 1. The number of carboxylic acid groups (broad SMARTS) is 1. The summed E-state index contributed by atoms with van der Waals surface area (Å²) in [5, 5.41) is 26.0. The van der Waals surface area contributed by atoms with E-state index in [0.29, 0.717) is 5.69 Å². The maximum Gasteiger partial charge on any atom is 0.326 e. The van der Waals surface area contributed by atoms with Gasteiger partial charge < -0.3 is 36.9 Å². The number of nitrogens with zero attached hydrogens (tertiary/aromatic N) is 1. The lowest BCUT2D eigenvalue weighted by Crippen LogP contribution is -2.60. The number of aliphatic carboxylic acids is 1. The van der Waals surface area contributed by atoms with Crippen molar-refractivity contribution in [1.29, 1.82) is 0 Å². The molecule has 1 aromatic heterocycles. The highest BCUT2D eigenvalue weighted by atomic mass is 32.1. The van der Waals surface area contributed by atoms with Crippen LogP contribution in [0, 0.1) is 0 Å². The summed E-state index contributed by atoms with van der Waals surface area (Å²) in [6.07, 6.45) is 1.48. The third-order valence-electron chi connectivity index (χ3n) is 3.89. The number of imidazole rings is 1. The zero-order chi connectivity index (χ0) is 22.1. The molecule has 0 aliphatic heterocycles. The number of aromatic nitrogens is 2. The number of H-pyrrole nitrogens is 1. The van der Waals surface area contributed by atoms with Crippen molar-refractivity contribution in [1.82, 2.24) is 25.9 Å². The molecule has 8 N–H and O–H groups in total. The van der Waals surface area contributed by atoms with Crippen LogP contribution in [0.15, 0.2) is 12.5 Å². The van der Waals surface area contributed by atoms with Gasteiger partial charge in [0.25, 0.3) is 0 Å². The molecular weight excluding hydrogens is 404 g/mol. The van der Waals surface area contributed by atoms with Gasteiger partial charge in [0.05, 0.1) is 18.5 Å². The monoisotopic (exact) mass is 430 g/mol. The van der Waals surface area contributed by atoms with Crippen LogP contribution in [-0.2, 0) is 25.6 Å².